The van der Waals surface area contributed by atoms with Crippen LogP contribution in [0.4, 0.5) is 17.5 Å². The van der Waals surface area contributed by atoms with E-state index < -0.39 is 0 Å². The molecule has 27 heavy (non-hydrogen) atoms. The molecule has 0 amide bonds. The van der Waals surface area contributed by atoms with Crippen LogP contribution in [-0.4, -0.2) is 22.1 Å². The van der Waals surface area contributed by atoms with Gasteiger partial charge < -0.3 is 10.5 Å². The predicted octanol–water partition coefficient (Wildman–Crippen LogP) is 4.73. The van der Waals surface area contributed by atoms with E-state index in [9.17, 15) is 0 Å². The topological polar surface area (TPSA) is 77.2 Å². The molecule has 0 fully saturated rings. The molecule has 2 heterocycles. The number of fused-ring (bicyclic) bond motifs is 1. The number of benzene rings is 2. The van der Waals surface area contributed by atoms with E-state index in [2.05, 4.69) is 31.1 Å². The highest BCUT2D eigenvalue weighted by atomic mass is 79.9. The van der Waals surface area contributed by atoms with Crippen LogP contribution >= 0.6 is 16.1 Å². The van der Waals surface area contributed by atoms with Gasteiger partial charge in [-0.15, -0.1) is 0 Å². The SMILES string of the molecule is COc1ccc(-c2ccc3nc(N)nc(N(Br)c4ccccc4)c3c2)cn1. The van der Waals surface area contributed by atoms with E-state index in [0.29, 0.717) is 11.7 Å². The molecule has 0 aliphatic rings. The minimum Gasteiger partial charge on any atom is -0.481 e. The zero-order valence-corrected chi connectivity index (χ0v) is 16.1. The van der Waals surface area contributed by atoms with E-state index in [1.807, 2.05) is 64.6 Å². The third-order valence-corrected chi connectivity index (χ3v) is 4.89. The van der Waals surface area contributed by atoms with Crippen molar-refractivity contribution in [1.82, 2.24) is 15.0 Å². The van der Waals surface area contributed by atoms with E-state index >= 15 is 0 Å². The first-order valence-corrected chi connectivity index (χ1v) is 8.95. The fourth-order valence-corrected chi connectivity index (χ4v) is 3.32. The molecule has 4 rings (SSSR count). The monoisotopic (exact) mass is 421 g/mol. The normalized spacial score (nSPS) is 10.7. The highest BCUT2D eigenvalue weighted by Gasteiger charge is 2.15. The minimum atomic E-state index is 0.219. The summed E-state index contributed by atoms with van der Waals surface area (Å²) >= 11 is 3.61. The molecule has 0 unspecified atom stereocenters. The van der Waals surface area contributed by atoms with E-state index in [1.54, 1.807) is 13.3 Å². The summed E-state index contributed by atoms with van der Waals surface area (Å²) in [5.41, 5.74) is 9.61. The van der Waals surface area contributed by atoms with E-state index in [1.165, 1.54) is 0 Å². The number of hydrogen-bond acceptors (Lipinski definition) is 6. The second-order valence-electron chi connectivity index (χ2n) is 5.84. The summed E-state index contributed by atoms with van der Waals surface area (Å²) < 4.78 is 6.95. The van der Waals surface area contributed by atoms with Crippen LogP contribution in [0.5, 0.6) is 5.88 Å². The van der Waals surface area contributed by atoms with Gasteiger partial charge in [0.1, 0.15) is 0 Å². The van der Waals surface area contributed by atoms with Gasteiger partial charge in [0.05, 0.1) is 34.5 Å². The molecule has 0 saturated heterocycles. The van der Waals surface area contributed by atoms with Crippen molar-refractivity contribution in [3.63, 3.8) is 0 Å². The number of nitrogen functional groups attached to an aromatic ring is 1. The standard InChI is InChI=1S/C20H16BrN5O/c1-27-18-10-8-14(12-23-18)13-7-9-17-16(11-13)19(25-20(22)24-17)26(21)15-5-3-2-4-6-15/h2-12H,1H3,(H2,22,24,25). The summed E-state index contributed by atoms with van der Waals surface area (Å²) in [5.74, 6) is 1.47. The van der Waals surface area contributed by atoms with Gasteiger partial charge in [0.2, 0.25) is 11.8 Å². The average molecular weight is 422 g/mol. The summed E-state index contributed by atoms with van der Waals surface area (Å²) in [4.78, 5) is 13.1. The van der Waals surface area contributed by atoms with E-state index in [0.717, 1.165) is 27.7 Å². The Hall–Kier alpha value is -3.19. The number of nitrogens with zero attached hydrogens (tertiary/aromatic N) is 4. The van der Waals surface area contributed by atoms with Gasteiger partial charge >= 0.3 is 0 Å². The van der Waals surface area contributed by atoms with Crippen molar-refractivity contribution in [2.24, 2.45) is 0 Å². The van der Waals surface area contributed by atoms with Crippen LogP contribution in [0.2, 0.25) is 0 Å². The van der Waals surface area contributed by atoms with Gasteiger partial charge in [-0.05, 0) is 35.9 Å². The zero-order chi connectivity index (χ0) is 18.8. The Morgan fingerprint density at radius 1 is 0.963 bits per heavy atom. The Morgan fingerprint density at radius 3 is 2.44 bits per heavy atom. The molecule has 0 aliphatic carbocycles. The Morgan fingerprint density at radius 2 is 1.74 bits per heavy atom. The van der Waals surface area contributed by atoms with Crippen molar-refractivity contribution in [3.05, 3.63) is 66.9 Å². The van der Waals surface area contributed by atoms with E-state index in [-0.39, 0.29) is 5.95 Å². The molecule has 2 aromatic heterocycles. The number of hydrogen-bond donors (Lipinski definition) is 1. The number of rotatable bonds is 4. The fourth-order valence-electron chi connectivity index (χ4n) is 2.81. The van der Waals surface area contributed by atoms with Gasteiger partial charge in [-0.25, -0.2) is 9.97 Å². The van der Waals surface area contributed by atoms with Crippen LogP contribution in [-0.2, 0) is 0 Å². The Labute approximate surface area is 165 Å². The summed E-state index contributed by atoms with van der Waals surface area (Å²) in [5, 5.41) is 0.873. The van der Waals surface area contributed by atoms with Crippen molar-refractivity contribution in [1.29, 1.82) is 0 Å². The Bertz CT molecular complexity index is 1090. The third-order valence-electron chi connectivity index (χ3n) is 4.14. The lowest BCUT2D eigenvalue weighted by atomic mass is 10.1. The highest BCUT2D eigenvalue weighted by Crippen LogP contribution is 2.35. The molecule has 7 heteroatoms. The molecule has 2 N–H and O–H groups in total. The maximum atomic E-state index is 5.93. The van der Waals surface area contributed by atoms with Crippen molar-refractivity contribution >= 4 is 44.5 Å². The van der Waals surface area contributed by atoms with Crippen molar-refractivity contribution in [2.75, 3.05) is 16.8 Å². The molecule has 0 saturated carbocycles. The van der Waals surface area contributed by atoms with Gasteiger partial charge in [0, 0.05) is 23.2 Å². The second kappa shape index (κ2) is 7.20. The smallest absolute Gasteiger partial charge is 0.222 e. The van der Waals surface area contributed by atoms with Crippen LogP contribution < -0.4 is 14.4 Å². The Kier molecular flexibility index (Phi) is 4.60. The molecule has 0 radical (unpaired) electrons. The van der Waals surface area contributed by atoms with Crippen LogP contribution in [0.25, 0.3) is 22.0 Å². The predicted molar refractivity (Wildman–Crippen MR) is 111 cm³/mol. The van der Waals surface area contributed by atoms with Crippen LogP contribution in [0.1, 0.15) is 0 Å². The second-order valence-corrected chi connectivity index (χ2v) is 6.55. The van der Waals surface area contributed by atoms with Gasteiger partial charge in [0.15, 0.2) is 5.82 Å². The maximum absolute atomic E-state index is 5.93. The van der Waals surface area contributed by atoms with Crippen molar-refractivity contribution in [2.45, 2.75) is 0 Å². The highest BCUT2D eigenvalue weighted by molar-refractivity contribution is 9.10. The number of ether oxygens (including phenoxy) is 1. The molecule has 0 aliphatic heterocycles. The largest absolute Gasteiger partial charge is 0.481 e. The molecular formula is C20H16BrN5O. The first-order valence-electron chi connectivity index (χ1n) is 8.24. The number of pyridine rings is 1. The number of methoxy groups -OCH3 is 1. The van der Waals surface area contributed by atoms with Gasteiger partial charge in [-0.2, -0.15) is 4.98 Å². The molecule has 6 nitrogen and oxygen atoms in total. The van der Waals surface area contributed by atoms with Crippen molar-refractivity contribution < 1.29 is 4.74 Å². The van der Waals surface area contributed by atoms with Crippen molar-refractivity contribution in [3.8, 4) is 17.0 Å². The number of halogens is 1. The molecule has 134 valence electrons. The van der Waals surface area contributed by atoms with Crippen LogP contribution in [0, 0.1) is 0 Å². The van der Waals surface area contributed by atoms with Gasteiger partial charge in [-0.3, -0.25) is 3.93 Å². The average Bonchev–Trinajstić information content (AvgIpc) is 2.73. The summed E-state index contributed by atoms with van der Waals surface area (Å²) in [6.45, 7) is 0. The van der Waals surface area contributed by atoms with Gasteiger partial charge in [-0.1, -0.05) is 24.3 Å². The van der Waals surface area contributed by atoms with E-state index in [4.69, 9.17) is 10.5 Å². The first-order chi connectivity index (χ1) is 13.2. The molecule has 0 spiro atoms. The summed E-state index contributed by atoms with van der Waals surface area (Å²) in [7, 11) is 1.60. The van der Waals surface area contributed by atoms with Crippen LogP contribution in [0.3, 0.4) is 0 Å². The molecular weight excluding hydrogens is 406 g/mol. The minimum absolute atomic E-state index is 0.219. The van der Waals surface area contributed by atoms with Crippen LogP contribution in [0.15, 0.2) is 66.9 Å². The van der Waals surface area contributed by atoms with Gasteiger partial charge in [0.25, 0.3) is 0 Å². The first kappa shape index (κ1) is 17.2. The lowest BCUT2D eigenvalue weighted by Gasteiger charge is -2.18. The molecule has 0 atom stereocenters. The fraction of sp³-hybridized carbons (Fsp3) is 0.0500. The number of para-hydroxylation sites is 1. The summed E-state index contributed by atoms with van der Waals surface area (Å²) in [6, 6.07) is 19.6. The molecule has 0 bridgehead atoms. The molecule has 4 aromatic rings. The summed E-state index contributed by atoms with van der Waals surface area (Å²) in [6.07, 6.45) is 1.78. The zero-order valence-electron chi connectivity index (χ0n) is 14.5. The quantitative estimate of drug-likeness (QED) is 0.479. The lowest BCUT2D eigenvalue weighted by Crippen LogP contribution is -2.07. The number of aromatic nitrogens is 3. The Balaban J connectivity index is 1.85. The number of anilines is 3. The molecule has 2 aromatic carbocycles. The third kappa shape index (κ3) is 3.41. The maximum Gasteiger partial charge on any atom is 0.222 e. The number of nitrogens with two attached hydrogens (primary N) is 1. The lowest BCUT2D eigenvalue weighted by molar-refractivity contribution is 0.398.